The van der Waals surface area contributed by atoms with Gasteiger partial charge in [-0.15, -0.1) is 0 Å². The maximum atomic E-state index is 13.9. The molecule has 4 heterocycles. The molecule has 1 saturated carbocycles. The first-order chi connectivity index (χ1) is 27.9. The summed E-state index contributed by atoms with van der Waals surface area (Å²) in [5.74, 6) is 7.85. The zero-order chi connectivity index (χ0) is 41.1. The van der Waals surface area contributed by atoms with Gasteiger partial charge in [0.05, 0.1) is 50.1 Å². The maximum absolute atomic E-state index is 13.9. The number of nitrogens with one attached hydrogen (secondary N) is 4. The van der Waals surface area contributed by atoms with Crippen LogP contribution in [0.3, 0.4) is 0 Å². The Kier molecular flexibility index (Phi) is 11.9. The summed E-state index contributed by atoms with van der Waals surface area (Å²) in [6.07, 6.45) is 6.90. The zero-order valence-corrected chi connectivity index (χ0v) is 33.9. The predicted molar refractivity (Wildman–Crippen MR) is 217 cm³/mol. The largest absolute Gasteiger partial charge is 0.453 e. The summed E-state index contributed by atoms with van der Waals surface area (Å²) in [6, 6.07) is 14.3. The highest BCUT2D eigenvalue weighted by Gasteiger charge is 2.51. The highest BCUT2D eigenvalue weighted by Crippen LogP contribution is 2.50. The van der Waals surface area contributed by atoms with E-state index in [9.17, 15) is 19.2 Å². The molecule has 2 aliphatic heterocycles. The number of hydrogen-bond acceptors (Lipinski definition) is 8. The summed E-state index contributed by atoms with van der Waals surface area (Å²) in [5.41, 5.74) is 5.34. The molecule has 58 heavy (non-hydrogen) atoms. The number of likely N-dealkylation sites (tertiary alicyclic amines) is 2. The lowest BCUT2D eigenvalue weighted by atomic mass is 9.95. The van der Waals surface area contributed by atoms with Gasteiger partial charge in [-0.3, -0.25) is 9.59 Å². The summed E-state index contributed by atoms with van der Waals surface area (Å²) in [4.78, 5) is 71.5. The molecule has 0 spiro atoms. The SMILES string of the molecule is COC(=O)NC(C(=O)N1CCCC1c1ncc(-c2ccc(C#Cc3ccc(-c4cnc(C5C6CCC(C6)N5C(=O)C(NC(=O)OC)C(C)C)[nH]4)cc3)cc2)[nH]1)C(C)C. The minimum absolute atomic E-state index is 0.0996. The van der Waals surface area contributed by atoms with E-state index in [0.717, 1.165) is 71.6 Å². The molecule has 6 atom stereocenters. The number of amides is 4. The number of rotatable bonds is 10. The van der Waals surface area contributed by atoms with E-state index in [-0.39, 0.29) is 41.8 Å². The highest BCUT2D eigenvalue weighted by atomic mass is 16.5. The van der Waals surface area contributed by atoms with E-state index in [2.05, 4.69) is 37.4 Å². The average Bonchev–Trinajstić information content (AvgIpc) is 4.09. The van der Waals surface area contributed by atoms with Crippen LogP contribution in [-0.2, 0) is 19.1 Å². The molecule has 2 saturated heterocycles. The van der Waals surface area contributed by atoms with Crippen LogP contribution in [0.25, 0.3) is 22.5 Å². The van der Waals surface area contributed by atoms with E-state index in [1.807, 2.05) is 87.3 Å². The van der Waals surface area contributed by atoms with Gasteiger partial charge in [-0.25, -0.2) is 19.6 Å². The van der Waals surface area contributed by atoms with Gasteiger partial charge in [-0.2, -0.15) is 0 Å². The molecule has 304 valence electrons. The number of ether oxygens (including phenoxy) is 2. The van der Waals surface area contributed by atoms with Crippen molar-refractivity contribution >= 4 is 24.0 Å². The number of benzene rings is 2. The molecule has 2 bridgehead atoms. The van der Waals surface area contributed by atoms with E-state index in [0.29, 0.717) is 18.3 Å². The van der Waals surface area contributed by atoms with Crippen LogP contribution in [0.4, 0.5) is 9.59 Å². The standard InChI is InChI=1S/C44H52N8O6/c1-25(2)36(49-43(55)57-5)41(53)51-21-7-8-35(51)39-45-23-33(47-39)29-15-11-27(12-16-29)9-10-28-13-17-30(18-14-28)34-24-46-40(48-34)38-31-19-20-32(22-31)52(38)42(54)37(26(3)4)50-44(56)58-6/h11-18,23-26,31-32,35-38H,7-8,19-22H2,1-6H3,(H,45,47)(H,46,48)(H,49,55)(H,50,56). The van der Waals surface area contributed by atoms with Gasteiger partial charge < -0.3 is 39.9 Å². The molecule has 6 unspecified atom stereocenters. The number of H-pyrrole nitrogens is 2. The van der Waals surface area contributed by atoms with Crippen molar-refractivity contribution in [3.8, 4) is 34.4 Å². The van der Waals surface area contributed by atoms with E-state index in [1.54, 1.807) is 11.1 Å². The second-order valence-corrected chi connectivity index (χ2v) is 16.1. The van der Waals surface area contributed by atoms with E-state index in [1.165, 1.54) is 14.2 Å². The van der Waals surface area contributed by atoms with Crippen molar-refractivity contribution < 1.29 is 28.7 Å². The van der Waals surface area contributed by atoms with Gasteiger partial charge in [-0.1, -0.05) is 63.8 Å². The number of carbonyl (C=O) groups is 4. The molecule has 4 aromatic rings. The molecule has 4 amide bonds. The van der Waals surface area contributed by atoms with Gasteiger partial charge in [0.2, 0.25) is 11.8 Å². The third-order valence-electron chi connectivity index (χ3n) is 11.7. The Bertz CT molecular complexity index is 2180. The quantitative estimate of drug-likeness (QED) is 0.135. The van der Waals surface area contributed by atoms with Crippen molar-refractivity contribution in [2.45, 2.75) is 90.0 Å². The first kappa shape index (κ1) is 40.1. The number of aromatic amines is 2. The van der Waals surface area contributed by atoms with Crippen molar-refractivity contribution in [3.63, 3.8) is 0 Å². The molecule has 2 aromatic heterocycles. The van der Waals surface area contributed by atoms with Gasteiger partial charge in [-0.05, 0) is 85.3 Å². The fourth-order valence-electron chi connectivity index (χ4n) is 8.61. The van der Waals surface area contributed by atoms with Gasteiger partial charge in [0.1, 0.15) is 23.7 Å². The fraction of sp³-hybridized carbons (Fsp3) is 0.455. The van der Waals surface area contributed by atoms with Crippen molar-refractivity contribution in [1.29, 1.82) is 0 Å². The Morgan fingerprint density at radius 2 is 1.24 bits per heavy atom. The number of nitrogens with zero attached hydrogens (tertiary/aromatic N) is 4. The number of methoxy groups -OCH3 is 2. The minimum Gasteiger partial charge on any atom is -0.453 e. The third kappa shape index (κ3) is 8.30. The Labute approximate surface area is 338 Å². The van der Waals surface area contributed by atoms with Crippen LogP contribution in [0.1, 0.15) is 94.7 Å². The molecular weight excluding hydrogens is 737 g/mol. The Morgan fingerprint density at radius 1 is 0.724 bits per heavy atom. The molecule has 2 aromatic carbocycles. The summed E-state index contributed by atoms with van der Waals surface area (Å²) in [7, 11) is 2.59. The molecule has 3 fully saturated rings. The number of fused-ring (bicyclic) bond motifs is 2. The van der Waals surface area contributed by atoms with Gasteiger partial charge in [0, 0.05) is 23.7 Å². The Balaban J connectivity index is 0.990. The van der Waals surface area contributed by atoms with Crippen molar-refractivity contribution in [3.05, 3.63) is 83.7 Å². The second kappa shape index (κ2) is 17.2. The maximum Gasteiger partial charge on any atom is 0.407 e. The van der Waals surface area contributed by atoms with Crippen molar-refractivity contribution in [1.82, 2.24) is 40.4 Å². The third-order valence-corrected chi connectivity index (χ3v) is 11.7. The van der Waals surface area contributed by atoms with Crippen molar-refractivity contribution in [2.75, 3.05) is 20.8 Å². The molecule has 7 rings (SSSR count). The van der Waals surface area contributed by atoms with Gasteiger partial charge >= 0.3 is 12.2 Å². The van der Waals surface area contributed by atoms with Gasteiger partial charge in [0.25, 0.3) is 0 Å². The topological polar surface area (TPSA) is 175 Å². The first-order valence-corrected chi connectivity index (χ1v) is 20.1. The van der Waals surface area contributed by atoms with Crippen LogP contribution in [0, 0.1) is 29.6 Å². The Hall–Kier alpha value is -6.10. The van der Waals surface area contributed by atoms with Crippen LogP contribution >= 0.6 is 0 Å². The number of carbonyl (C=O) groups excluding carboxylic acids is 4. The summed E-state index contributed by atoms with van der Waals surface area (Å²) < 4.78 is 9.56. The average molecular weight is 789 g/mol. The lowest BCUT2D eigenvalue weighted by molar-refractivity contribution is -0.139. The van der Waals surface area contributed by atoms with E-state index < -0.39 is 24.3 Å². The summed E-state index contributed by atoms with van der Waals surface area (Å²) in [6.45, 7) is 8.23. The van der Waals surface area contributed by atoms with Crippen LogP contribution in [-0.4, -0.2) is 92.6 Å². The van der Waals surface area contributed by atoms with Crippen LogP contribution in [0.2, 0.25) is 0 Å². The highest BCUT2D eigenvalue weighted by molar-refractivity contribution is 5.87. The fourth-order valence-corrected chi connectivity index (χ4v) is 8.61. The summed E-state index contributed by atoms with van der Waals surface area (Å²) in [5, 5.41) is 5.44. The summed E-state index contributed by atoms with van der Waals surface area (Å²) >= 11 is 0. The normalized spacial score (nSPS) is 20.8. The minimum atomic E-state index is -0.690. The smallest absolute Gasteiger partial charge is 0.407 e. The van der Waals surface area contributed by atoms with E-state index >= 15 is 0 Å². The van der Waals surface area contributed by atoms with Crippen molar-refractivity contribution in [2.24, 2.45) is 17.8 Å². The van der Waals surface area contributed by atoms with Crippen LogP contribution < -0.4 is 10.6 Å². The van der Waals surface area contributed by atoms with Gasteiger partial charge in [0.15, 0.2) is 0 Å². The lowest BCUT2D eigenvalue weighted by Crippen LogP contribution is -2.54. The first-order valence-electron chi connectivity index (χ1n) is 20.1. The molecule has 4 N–H and O–H groups in total. The molecule has 1 aliphatic carbocycles. The molecule has 14 nitrogen and oxygen atoms in total. The number of aromatic nitrogens is 4. The lowest BCUT2D eigenvalue weighted by Gasteiger charge is -2.37. The molecule has 14 heteroatoms. The predicted octanol–water partition coefficient (Wildman–Crippen LogP) is 6.34. The number of imidazole rings is 2. The number of piperidine rings is 1. The molecule has 3 aliphatic rings. The second-order valence-electron chi connectivity index (χ2n) is 16.1. The number of hydrogen-bond donors (Lipinski definition) is 4. The zero-order valence-electron chi connectivity index (χ0n) is 33.9. The monoisotopic (exact) mass is 788 g/mol. The van der Waals surface area contributed by atoms with Crippen LogP contribution in [0.5, 0.6) is 0 Å². The van der Waals surface area contributed by atoms with E-state index in [4.69, 9.17) is 14.5 Å². The molecular formula is C44H52N8O6. The molecule has 0 radical (unpaired) electrons. The number of alkyl carbamates (subject to hydrolysis) is 2. The van der Waals surface area contributed by atoms with Crippen LogP contribution in [0.15, 0.2) is 60.9 Å². The Morgan fingerprint density at radius 3 is 1.78 bits per heavy atom.